The Morgan fingerprint density at radius 1 is 1.27 bits per heavy atom. The fourth-order valence-corrected chi connectivity index (χ4v) is 3.09. The fourth-order valence-electron chi connectivity index (χ4n) is 2.55. The van der Waals surface area contributed by atoms with Crippen molar-refractivity contribution in [1.82, 2.24) is 0 Å². The van der Waals surface area contributed by atoms with Crippen molar-refractivity contribution in [3.8, 4) is 0 Å². The number of halogens is 3. The summed E-state index contributed by atoms with van der Waals surface area (Å²) < 4.78 is 42.2. The van der Waals surface area contributed by atoms with Gasteiger partial charge in [0.15, 0.2) is 0 Å². The lowest BCUT2D eigenvalue weighted by molar-refractivity contribution is -0.153. The standard InChI is InChI=1S/C16H19F3O2S/c1-11(15(20)21-13-4-2-3-5-13)10-12-6-8-14(9-7-12)22-16(17,18)19/h6-9,11,13H,2-5,10H2,1H3. The molecule has 1 aliphatic carbocycles. The highest BCUT2D eigenvalue weighted by molar-refractivity contribution is 8.00. The summed E-state index contributed by atoms with van der Waals surface area (Å²) in [5, 5.41) is 0. The van der Waals surface area contributed by atoms with Gasteiger partial charge in [0.1, 0.15) is 6.10 Å². The van der Waals surface area contributed by atoms with Crippen LogP contribution in [0.4, 0.5) is 13.2 Å². The molecule has 1 atom stereocenters. The first-order chi connectivity index (χ1) is 10.3. The van der Waals surface area contributed by atoms with E-state index in [1.54, 1.807) is 19.1 Å². The highest BCUT2D eigenvalue weighted by Gasteiger charge is 2.29. The number of carbonyl (C=O) groups excluding carboxylic acids is 1. The fraction of sp³-hybridized carbons (Fsp3) is 0.562. The lowest BCUT2D eigenvalue weighted by Crippen LogP contribution is -2.22. The Balaban J connectivity index is 1.85. The minimum atomic E-state index is -4.28. The third-order valence-electron chi connectivity index (χ3n) is 3.69. The summed E-state index contributed by atoms with van der Waals surface area (Å²) >= 11 is -0.136. The molecule has 0 amide bonds. The van der Waals surface area contributed by atoms with Gasteiger partial charge in [-0.1, -0.05) is 19.1 Å². The zero-order chi connectivity index (χ0) is 16.2. The monoisotopic (exact) mass is 332 g/mol. The van der Waals surface area contributed by atoms with Crippen molar-refractivity contribution in [3.63, 3.8) is 0 Å². The Hall–Kier alpha value is -1.17. The summed E-state index contributed by atoms with van der Waals surface area (Å²) in [6, 6.07) is 6.13. The number of thioether (sulfide) groups is 1. The Morgan fingerprint density at radius 2 is 1.86 bits per heavy atom. The number of ether oxygens (including phenoxy) is 1. The number of rotatable bonds is 5. The van der Waals surface area contributed by atoms with Crippen LogP contribution in [-0.2, 0) is 16.0 Å². The average Bonchev–Trinajstić information content (AvgIpc) is 2.92. The zero-order valence-electron chi connectivity index (χ0n) is 12.4. The maximum atomic E-state index is 12.3. The van der Waals surface area contributed by atoms with E-state index in [4.69, 9.17) is 4.74 Å². The normalized spacial score (nSPS) is 17.5. The number of esters is 1. The van der Waals surface area contributed by atoms with Crippen LogP contribution in [0, 0.1) is 5.92 Å². The predicted molar refractivity (Wildman–Crippen MR) is 79.6 cm³/mol. The summed E-state index contributed by atoms with van der Waals surface area (Å²) in [5.41, 5.74) is -3.44. The quantitative estimate of drug-likeness (QED) is 0.563. The van der Waals surface area contributed by atoms with E-state index in [0.29, 0.717) is 6.42 Å². The molecular weight excluding hydrogens is 313 g/mol. The Kier molecular flexibility index (Phi) is 5.78. The van der Waals surface area contributed by atoms with Crippen LogP contribution in [0.1, 0.15) is 38.2 Å². The van der Waals surface area contributed by atoms with E-state index >= 15 is 0 Å². The molecule has 6 heteroatoms. The first kappa shape index (κ1) is 17.2. The first-order valence-electron chi connectivity index (χ1n) is 7.38. The van der Waals surface area contributed by atoms with Crippen LogP contribution >= 0.6 is 11.8 Å². The first-order valence-corrected chi connectivity index (χ1v) is 8.20. The molecule has 0 aromatic heterocycles. The molecule has 1 fully saturated rings. The maximum absolute atomic E-state index is 12.3. The van der Waals surface area contributed by atoms with Crippen LogP contribution in [-0.4, -0.2) is 17.6 Å². The summed E-state index contributed by atoms with van der Waals surface area (Å²) in [7, 11) is 0. The van der Waals surface area contributed by atoms with Gasteiger partial charge in [-0.25, -0.2) is 0 Å². The lowest BCUT2D eigenvalue weighted by Gasteiger charge is -2.16. The molecule has 0 spiro atoms. The van der Waals surface area contributed by atoms with Crippen LogP contribution in [0.15, 0.2) is 29.2 Å². The molecule has 2 rings (SSSR count). The van der Waals surface area contributed by atoms with Crippen LogP contribution in [0.2, 0.25) is 0 Å². The summed E-state index contributed by atoms with van der Waals surface area (Å²) in [4.78, 5) is 12.1. The van der Waals surface area contributed by atoms with Gasteiger partial charge in [-0.3, -0.25) is 4.79 Å². The molecule has 0 aliphatic heterocycles. The van der Waals surface area contributed by atoms with E-state index < -0.39 is 5.51 Å². The van der Waals surface area contributed by atoms with Gasteiger partial charge in [-0.15, -0.1) is 0 Å². The van der Waals surface area contributed by atoms with Gasteiger partial charge in [0.2, 0.25) is 0 Å². The Labute approximate surface area is 132 Å². The van der Waals surface area contributed by atoms with E-state index in [9.17, 15) is 18.0 Å². The van der Waals surface area contributed by atoms with Crippen molar-refractivity contribution >= 4 is 17.7 Å². The van der Waals surface area contributed by atoms with Gasteiger partial charge in [0.25, 0.3) is 0 Å². The largest absolute Gasteiger partial charge is 0.462 e. The van der Waals surface area contributed by atoms with Gasteiger partial charge >= 0.3 is 11.5 Å². The topological polar surface area (TPSA) is 26.3 Å². The van der Waals surface area contributed by atoms with Crippen molar-refractivity contribution in [2.45, 2.75) is 55.5 Å². The maximum Gasteiger partial charge on any atom is 0.446 e. The van der Waals surface area contributed by atoms with Crippen LogP contribution < -0.4 is 0 Å². The minimum Gasteiger partial charge on any atom is -0.462 e. The molecule has 0 N–H and O–H groups in total. The summed E-state index contributed by atoms with van der Waals surface area (Å²) in [6.45, 7) is 1.79. The van der Waals surface area contributed by atoms with E-state index in [1.165, 1.54) is 12.1 Å². The molecule has 1 aliphatic rings. The minimum absolute atomic E-state index is 0.0421. The third kappa shape index (κ3) is 5.55. The van der Waals surface area contributed by atoms with Crippen molar-refractivity contribution < 1.29 is 22.7 Å². The van der Waals surface area contributed by atoms with Gasteiger partial charge in [0, 0.05) is 4.90 Å². The summed E-state index contributed by atoms with van der Waals surface area (Å²) in [6.07, 6.45) is 4.59. The molecule has 1 saturated carbocycles. The zero-order valence-corrected chi connectivity index (χ0v) is 13.2. The Morgan fingerprint density at radius 3 is 2.41 bits per heavy atom. The van der Waals surface area contributed by atoms with Crippen molar-refractivity contribution in [1.29, 1.82) is 0 Å². The second-order valence-corrected chi connectivity index (χ2v) is 6.78. The smallest absolute Gasteiger partial charge is 0.446 e. The van der Waals surface area contributed by atoms with E-state index in [-0.39, 0.29) is 34.6 Å². The summed E-state index contributed by atoms with van der Waals surface area (Å²) in [5.74, 6) is -0.512. The van der Waals surface area contributed by atoms with E-state index in [1.807, 2.05) is 0 Å². The number of hydrogen-bond donors (Lipinski definition) is 0. The van der Waals surface area contributed by atoms with Crippen molar-refractivity contribution in [3.05, 3.63) is 29.8 Å². The molecule has 0 saturated heterocycles. The number of alkyl halides is 3. The third-order valence-corrected chi connectivity index (χ3v) is 4.43. The Bertz CT molecular complexity index is 493. The lowest BCUT2D eigenvalue weighted by atomic mass is 10.0. The predicted octanol–water partition coefficient (Wildman–Crippen LogP) is 4.96. The van der Waals surface area contributed by atoms with Crippen molar-refractivity contribution in [2.24, 2.45) is 5.92 Å². The van der Waals surface area contributed by atoms with Crippen LogP contribution in [0.5, 0.6) is 0 Å². The highest BCUT2D eigenvalue weighted by Crippen LogP contribution is 2.36. The molecule has 1 unspecified atom stereocenters. The number of hydrogen-bond acceptors (Lipinski definition) is 3. The van der Waals surface area contributed by atoms with Gasteiger partial charge in [0.05, 0.1) is 5.92 Å². The molecule has 2 nitrogen and oxygen atoms in total. The molecule has 1 aromatic carbocycles. The van der Waals surface area contributed by atoms with Crippen LogP contribution in [0.3, 0.4) is 0 Å². The van der Waals surface area contributed by atoms with Gasteiger partial charge in [-0.05, 0) is 61.6 Å². The van der Waals surface area contributed by atoms with Gasteiger partial charge < -0.3 is 4.74 Å². The molecule has 1 aromatic rings. The van der Waals surface area contributed by atoms with E-state index in [0.717, 1.165) is 31.2 Å². The van der Waals surface area contributed by atoms with Crippen molar-refractivity contribution in [2.75, 3.05) is 0 Å². The molecule has 0 radical (unpaired) electrons. The second-order valence-electron chi connectivity index (χ2n) is 5.64. The highest BCUT2D eigenvalue weighted by atomic mass is 32.2. The van der Waals surface area contributed by atoms with E-state index in [2.05, 4.69) is 0 Å². The SMILES string of the molecule is CC(Cc1ccc(SC(F)(F)F)cc1)C(=O)OC1CCCC1. The van der Waals surface area contributed by atoms with Crippen LogP contribution in [0.25, 0.3) is 0 Å². The number of benzene rings is 1. The number of carbonyl (C=O) groups is 1. The molecule has 122 valence electrons. The molecule has 22 heavy (non-hydrogen) atoms. The average molecular weight is 332 g/mol. The molecular formula is C16H19F3O2S. The molecule has 0 heterocycles. The second kappa shape index (κ2) is 7.40. The van der Waals surface area contributed by atoms with Gasteiger partial charge in [-0.2, -0.15) is 13.2 Å². The molecule has 0 bridgehead atoms.